The Balaban J connectivity index is 1.05. The summed E-state index contributed by atoms with van der Waals surface area (Å²) in [7, 11) is 1.68. The number of hydrogen-bond donors (Lipinski definition) is 1. The van der Waals surface area contributed by atoms with Crippen molar-refractivity contribution < 1.29 is 18.7 Å². The van der Waals surface area contributed by atoms with Gasteiger partial charge in [0.2, 0.25) is 11.8 Å². The molecule has 0 aliphatic heterocycles. The fourth-order valence-corrected chi connectivity index (χ4v) is 7.56. The Hall–Kier alpha value is -3.75. The van der Waals surface area contributed by atoms with Gasteiger partial charge in [-0.05, 0) is 114 Å². The van der Waals surface area contributed by atoms with Crippen LogP contribution in [-0.2, 0) is 9.59 Å². The Labute approximate surface area is 271 Å². The van der Waals surface area contributed by atoms with E-state index in [2.05, 4.69) is 11.4 Å². The first-order valence-corrected chi connectivity index (χ1v) is 17.5. The van der Waals surface area contributed by atoms with Crippen LogP contribution in [0.2, 0.25) is 0 Å². The van der Waals surface area contributed by atoms with Gasteiger partial charge in [-0.15, -0.1) is 0 Å². The van der Waals surface area contributed by atoms with Gasteiger partial charge in [-0.25, -0.2) is 9.97 Å². The van der Waals surface area contributed by atoms with Gasteiger partial charge in [-0.2, -0.15) is 0 Å². The topological polar surface area (TPSA) is 110 Å². The van der Waals surface area contributed by atoms with E-state index in [1.807, 2.05) is 30.0 Å². The lowest BCUT2D eigenvalue weighted by Crippen LogP contribution is -2.46. The number of nitrogens with zero attached hydrogens (tertiary/aromatic N) is 4. The maximum absolute atomic E-state index is 14.3. The second kappa shape index (κ2) is 13.5. The molecule has 4 aliphatic carbocycles. The molecule has 0 saturated heterocycles. The van der Waals surface area contributed by atoms with Crippen LogP contribution in [0.1, 0.15) is 113 Å². The first-order chi connectivity index (χ1) is 22.4. The summed E-state index contributed by atoms with van der Waals surface area (Å²) in [5.74, 6) is 4.05. The van der Waals surface area contributed by atoms with E-state index in [-0.39, 0.29) is 29.7 Å². The van der Waals surface area contributed by atoms with Gasteiger partial charge >= 0.3 is 0 Å². The summed E-state index contributed by atoms with van der Waals surface area (Å²) in [6.07, 6.45) is 16.4. The number of nitrogens with one attached hydrogen (secondary N) is 1. The van der Waals surface area contributed by atoms with Crippen LogP contribution in [0.15, 0.2) is 41.1 Å². The molecular weight excluding hydrogens is 578 g/mol. The van der Waals surface area contributed by atoms with Gasteiger partial charge in [0.15, 0.2) is 5.89 Å². The van der Waals surface area contributed by atoms with E-state index in [4.69, 9.17) is 24.1 Å². The van der Waals surface area contributed by atoms with Crippen LogP contribution in [0.5, 0.6) is 5.75 Å². The number of carbonyl (C=O) groups is 2. The minimum Gasteiger partial charge on any atom is -0.495 e. The summed E-state index contributed by atoms with van der Waals surface area (Å²) < 4.78 is 11.2. The van der Waals surface area contributed by atoms with Crippen molar-refractivity contribution in [1.29, 1.82) is 0 Å². The minimum atomic E-state index is -0.0707. The van der Waals surface area contributed by atoms with E-state index >= 15 is 0 Å². The van der Waals surface area contributed by atoms with E-state index in [0.717, 1.165) is 118 Å². The average Bonchev–Trinajstić information content (AvgIpc) is 3.79. The number of anilines is 1. The van der Waals surface area contributed by atoms with Gasteiger partial charge in [0, 0.05) is 53.7 Å². The van der Waals surface area contributed by atoms with E-state index in [1.165, 1.54) is 0 Å². The van der Waals surface area contributed by atoms with E-state index < -0.39 is 0 Å². The molecule has 7 rings (SSSR count). The highest BCUT2D eigenvalue weighted by atomic mass is 16.5. The zero-order valence-corrected chi connectivity index (χ0v) is 27.2. The molecule has 2 amide bonds. The van der Waals surface area contributed by atoms with E-state index in [1.54, 1.807) is 19.6 Å². The highest BCUT2D eigenvalue weighted by Crippen LogP contribution is 2.41. The number of methoxy groups -OCH3 is 1. The van der Waals surface area contributed by atoms with Crippen LogP contribution < -0.4 is 15.0 Å². The highest BCUT2D eigenvalue weighted by Gasteiger charge is 2.35. The van der Waals surface area contributed by atoms with E-state index in [0.29, 0.717) is 30.1 Å². The van der Waals surface area contributed by atoms with Crippen LogP contribution in [-0.4, -0.2) is 46.5 Å². The number of oxazole rings is 1. The Morgan fingerprint density at radius 1 is 0.913 bits per heavy atom. The van der Waals surface area contributed by atoms with Gasteiger partial charge in [0.1, 0.15) is 23.5 Å². The number of pyridine rings is 2. The number of rotatable bonds is 10. The molecule has 4 fully saturated rings. The molecule has 3 heterocycles. The van der Waals surface area contributed by atoms with Gasteiger partial charge in [-0.1, -0.05) is 6.42 Å². The fourth-order valence-electron chi connectivity index (χ4n) is 7.56. The third-order valence-electron chi connectivity index (χ3n) is 10.9. The maximum Gasteiger partial charge on any atom is 0.231 e. The van der Waals surface area contributed by atoms with Crippen molar-refractivity contribution in [1.82, 2.24) is 20.3 Å². The quantitative estimate of drug-likeness (QED) is 0.256. The summed E-state index contributed by atoms with van der Waals surface area (Å²) in [4.78, 5) is 43.2. The maximum atomic E-state index is 14.3. The van der Waals surface area contributed by atoms with Crippen molar-refractivity contribution >= 4 is 17.6 Å². The van der Waals surface area contributed by atoms with Crippen molar-refractivity contribution in [2.45, 2.75) is 108 Å². The third kappa shape index (κ3) is 6.83. The molecule has 4 aliphatic rings. The molecule has 3 aromatic rings. The summed E-state index contributed by atoms with van der Waals surface area (Å²) in [5, 5.41) is 3.27. The molecule has 0 unspecified atom stereocenters. The fraction of sp³-hybridized carbons (Fsp3) is 0.595. The Morgan fingerprint density at radius 2 is 1.67 bits per heavy atom. The van der Waals surface area contributed by atoms with Gasteiger partial charge in [0.05, 0.1) is 12.8 Å². The SMILES string of the molecule is COc1ccc([C@H]2CC[C@H](CN(c3cc(-c4coc(C5CC5)n4)ccn3)C(=O)[C@H]3CC[C@H](NC(=O)C4CCC4)CC3)CC2)nc1C. The summed E-state index contributed by atoms with van der Waals surface area (Å²) in [5.41, 5.74) is 3.78. The lowest BCUT2D eigenvalue weighted by Gasteiger charge is -2.36. The van der Waals surface area contributed by atoms with Crippen molar-refractivity contribution in [3.63, 3.8) is 0 Å². The first kappa shape index (κ1) is 30.9. The van der Waals surface area contributed by atoms with Gasteiger partial charge < -0.3 is 14.5 Å². The van der Waals surface area contributed by atoms with Crippen LogP contribution >= 0.6 is 0 Å². The molecule has 0 radical (unpaired) electrons. The van der Waals surface area contributed by atoms with Crippen LogP contribution in [0.3, 0.4) is 0 Å². The summed E-state index contributed by atoms with van der Waals surface area (Å²) in [6, 6.07) is 8.26. The van der Waals surface area contributed by atoms with Crippen molar-refractivity contribution in [2.24, 2.45) is 17.8 Å². The van der Waals surface area contributed by atoms with Gasteiger partial charge in [0.25, 0.3) is 0 Å². The van der Waals surface area contributed by atoms with Crippen molar-refractivity contribution in [2.75, 3.05) is 18.6 Å². The number of aromatic nitrogens is 3. The lowest BCUT2D eigenvalue weighted by atomic mass is 9.79. The average molecular weight is 626 g/mol. The predicted octanol–water partition coefficient (Wildman–Crippen LogP) is 7.11. The zero-order valence-electron chi connectivity index (χ0n) is 27.2. The highest BCUT2D eigenvalue weighted by molar-refractivity contribution is 5.94. The molecule has 0 spiro atoms. The number of aryl methyl sites for hydroxylation is 1. The third-order valence-corrected chi connectivity index (χ3v) is 10.9. The number of carbonyl (C=O) groups excluding carboxylic acids is 2. The van der Waals surface area contributed by atoms with E-state index in [9.17, 15) is 9.59 Å². The molecule has 0 aromatic carbocycles. The number of hydrogen-bond acceptors (Lipinski definition) is 7. The molecule has 0 bridgehead atoms. The van der Waals surface area contributed by atoms with Crippen molar-refractivity contribution in [3.05, 3.63) is 54.0 Å². The van der Waals surface area contributed by atoms with Crippen LogP contribution in [0, 0.1) is 24.7 Å². The first-order valence-electron chi connectivity index (χ1n) is 17.5. The van der Waals surface area contributed by atoms with Crippen LogP contribution in [0.25, 0.3) is 11.3 Å². The predicted molar refractivity (Wildman–Crippen MR) is 176 cm³/mol. The standard InChI is InChI=1S/C37H47N5O4/c1-23-33(45-2)17-16-31(39-23)25-8-6-24(7-9-25)21-42(34-20-29(18-19-38-34)32-22-46-36(41-32)27-10-11-27)37(44)28-12-14-30(15-13-28)40-35(43)26-4-3-5-26/h16-20,22,24-28,30H,3-15,21H2,1-2H3,(H,40,43)/t24-,25-,28-,30-. The summed E-state index contributed by atoms with van der Waals surface area (Å²) >= 11 is 0. The zero-order chi connectivity index (χ0) is 31.6. The van der Waals surface area contributed by atoms with Gasteiger partial charge in [-0.3, -0.25) is 19.5 Å². The molecule has 9 nitrogen and oxygen atoms in total. The number of amides is 2. The number of ether oxygens (including phenoxy) is 1. The second-order valence-electron chi connectivity index (χ2n) is 14.1. The molecule has 0 atom stereocenters. The second-order valence-corrected chi connectivity index (χ2v) is 14.1. The monoisotopic (exact) mass is 625 g/mol. The smallest absolute Gasteiger partial charge is 0.231 e. The summed E-state index contributed by atoms with van der Waals surface area (Å²) in [6.45, 7) is 2.65. The molecule has 4 saturated carbocycles. The molecule has 3 aromatic heterocycles. The Bertz CT molecular complexity index is 1530. The minimum absolute atomic E-state index is 0.0707. The lowest BCUT2D eigenvalue weighted by molar-refractivity contribution is -0.128. The molecule has 244 valence electrons. The Morgan fingerprint density at radius 3 is 2.35 bits per heavy atom. The molecule has 1 N–H and O–H groups in total. The van der Waals surface area contributed by atoms with Crippen LogP contribution in [0.4, 0.5) is 5.82 Å². The van der Waals surface area contributed by atoms with Crippen molar-refractivity contribution in [3.8, 4) is 17.0 Å². The normalized spacial score (nSPS) is 25.0. The molecule has 9 heteroatoms. The largest absolute Gasteiger partial charge is 0.495 e. The molecule has 46 heavy (non-hydrogen) atoms. The Kier molecular flexibility index (Phi) is 9.09. The molecular formula is C37H47N5O4.